The first-order valence-electron chi connectivity index (χ1n) is 11.2. The lowest BCUT2D eigenvalue weighted by Gasteiger charge is -2.26. The van der Waals surface area contributed by atoms with Crippen LogP contribution in [0.4, 0.5) is 11.4 Å². The molecule has 1 N–H and O–H groups in total. The molecule has 0 aliphatic heterocycles. The molecule has 7 nitrogen and oxygen atoms in total. The van der Waals surface area contributed by atoms with Crippen LogP contribution in [0.1, 0.15) is 49.9 Å². The second-order valence-corrected chi connectivity index (χ2v) is 10.3. The third-order valence-electron chi connectivity index (χ3n) is 5.62. The van der Waals surface area contributed by atoms with E-state index in [-0.39, 0.29) is 12.5 Å². The summed E-state index contributed by atoms with van der Waals surface area (Å²) in [6.07, 6.45) is 1.19. The van der Waals surface area contributed by atoms with Crippen LogP contribution in [0.5, 0.6) is 0 Å². The Kier molecular flexibility index (Phi) is 7.96. The van der Waals surface area contributed by atoms with Gasteiger partial charge in [-0.2, -0.15) is 0 Å². The van der Waals surface area contributed by atoms with E-state index < -0.39 is 16.0 Å². The molecule has 0 unspecified atom stereocenters. The van der Waals surface area contributed by atoms with Gasteiger partial charge in [-0.25, -0.2) is 13.2 Å². The molecule has 0 spiro atoms. The largest absolute Gasteiger partial charge is 0.462 e. The van der Waals surface area contributed by atoms with Gasteiger partial charge in [-0.15, -0.1) is 0 Å². The molecule has 0 heterocycles. The lowest BCUT2D eigenvalue weighted by Crippen LogP contribution is -2.30. The number of hydrogen-bond donors (Lipinski definition) is 1. The third-order valence-corrected chi connectivity index (χ3v) is 6.73. The highest BCUT2D eigenvalue weighted by Gasteiger charge is 2.21. The average Bonchev–Trinajstić information content (AvgIpc) is 2.79. The second-order valence-electron chi connectivity index (χ2n) is 8.41. The van der Waals surface area contributed by atoms with Crippen LogP contribution in [0, 0.1) is 20.8 Å². The molecule has 3 rings (SSSR count). The van der Waals surface area contributed by atoms with E-state index in [9.17, 15) is 18.0 Å². The first kappa shape index (κ1) is 26.0. The summed E-state index contributed by atoms with van der Waals surface area (Å²) in [6, 6.07) is 17.4. The smallest absolute Gasteiger partial charge is 0.338 e. The topological polar surface area (TPSA) is 92.8 Å². The molecule has 0 fully saturated rings. The van der Waals surface area contributed by atoms with Crippen molar-refractivity contribution in [3.63, 3.8) is 0 Å². The molecule has 0 aliphatic rings. The first-order chi connectivity index (χ1) is 16.5. The summed E-state index contributed by atoms with van der Waals surface area (Å²) in [5.74, 6) is -0.716. The van der Waals surface area contributed by atoms with Gasteiger partial charge in [-0.1, -0.05) is 30.3 Å². The summed E-state index contributed by atoms with van der Waals surface area (Å²) >= 11 is 0. The number of benzene rings is 3. The zero-order valence-corrected chi connectivity index (χ0v) is 21.4. The summed E-state index contributed by atoms with van der Waals surface area (Å²) in [7, 11) is -3.53. The maximum atomic E-state index is 12.8. The molecule has 0 bridgehead atoms. The van der Waals surface area contributed by atoms with Crippen LogP contribution < -0.4 is 9.62 Å². The molecular formula is C27H30N2O5S. The Bertz CT molecular complexity index is 1330. The Labute approximate surface area is 206 Å². The van der Waals surface area contributed by atoms with Crippen molar-refractivity contribution in [3.05, 3.63) is 94.0 Å². The molecule has 3 aromatic rings. The van der Waals surface area contributed by atoms with Crippen LogP contribution in [0.15, 0.2) is 60.7 Å². The van der Waals surface area contributed by atoms with E-state index in [4.69, 9.17) is 4.74 Å². The quantitative estimate of drug-likeness (QED) is 0.445. The van der Waals surface area contributed by atoms with Crippen LogP contribution >= 0.6 is 0 Å². The number of hydrogen-bond acceptors (Lipinski definition) is 5. The fourth-order valence-corrected chi connectivity index (χ4v) is 4.83. The predicted molar refractivity (Wildman–Crippen MR) is 138 cm³/mol. The zero-order valence-electron chi connectivity index (χ0n) is 20.6. The van der Waals surface area contributed by atoms with Crippen molar-refractivity contribution >= 4 is 33.3 Å². The number of anilines is 2. The van der Waals surface area contributed by atoms with Gasteiger partial charge in [0.2, 0.25) is 10.0 Å². The molecule has 0 saturated heterocycles. The normalized spacial score (nSPS) is 11.1. The number of rotatable bonds is 8. The predicted octanol–water partition coefficient (Wildman–Crippen LogP) is 5.01. The van der Waals surface area contributed by atoms with E-state index in [2.05, 4.69) is 5.32 Å². The zero-order chi connectivity index (χ0) is 25.8. The number of sulfonamides is 1. The average molecular weight is 495 g/mol. The number of aryl methyl sites for hydroxylation is 3. The van der Waals surface area contributed by atoms with Gasteiger partial charge >= 0.3 is 5.97 Å². The lowest BCUT2D eigenvalue weighted by molar-refractivity contribution is 0.0526. The minimum absolute atomic E-state index is 0.154. The fourth-order valence-electron chi connectivity index (χ4n) is 3.83. The van der Waals surface area contributed by atoms with E-state index in [1.165, 1.54) is 10.6 Å². The Morgan fingerprint density at radius 1 is 0.886 bits per heavy atom. The van der Waals surface area contributed by atoms with Crippen molar-refractivity contribution in [1.82, 2.24) is 0 Å². The van der Waals surface area contributed by atoms with Crippen LogP contribution in [0.2, 0.25) is 0 Å². The molecule has 3 aromatic carbocycles. The highest BCUT2D eigenvalue weighted by atomic mass is 32.2. The molecule has 0 saturated carbocycles. The van der Waals surface area contributed by atoms with Crippen LogP contribution in [0.3, 0.4) is 0 Å². The number of para-hydroxylation sites is 1. The molecular weight excluding hydrogens is 464 g/mol. The summed E-state index contributed by atoms with van der Waals surface area (Å²) in [6.45, 7) is 7.76. The number of carbonyl (C=O) groups excluding carboxylic acids is 2. The minimum atomic E-state index is -3.53. The third kappa shape index (κ3) is 6.27. The number of esters is 1. The minimum Gasteiger partial charge on any atom is -0.462 e. The Hall–Kier alpha value is -3.65. The molecule has 8 heteroatoms. The Balaban J connectivity index is 1.77. The number of nitrogens with one attached hydrogen (secondary N) is 1. The van der Waals surface area contributed by atoms with Gasteiger partial charge in [0.15, 0.2) is 0 Å². The number of nitrogens with zero attached hydrogens (tertiary/aromatic N) is 1. The molecule has 1 amide bonds. The van der Waals surface area contributed by atoms with Crippen molar-refractivity contribution in [2.24, 2.45) is 0 Å². The second kappa shape index (κ2) is 10.7. The summed E-state index contributed by atoms with van der Waals surface area (Å²) in [4.78, 5) is 24.7. The molecule has 35 heavy (non-hydrogen) atoms. The standard InChI is InChI=1S/C27H30N2O5S/c1-6-34-27(31)23-14-15-24(20(4)16-23)28-26(30)22-12-10-21(11-13-22)17-29(35(5,32)33)25-18(2)8-7-9-19(25)3/h7-16H,6,17H2,1-5H3,(H,28,30). The van der Waals surface area contributed by atoms with E-state index in [0.29, 0.717) is 29.1 Å². The highest BCUT2D eigenvalue weighted by molar-refractivity contribution is 7.92. The Morgan fingerprint density at radius 3 is 2.03 bits per heavy atom. The lowest BCUT2D eigenvalue weighted by atomic mass is 10.1. The van der Waals surface area contributed by atoms with Gasteiger partial charge < -0.3 is 10.1 Å². The number of carbonyl (C=O) groups is 2. The van der Waals surface area contributed by atoms with Gasteiger partial charge in [0.1, 0.15) is 0 Å². The number of ether oxygens (including phenoxy) is 1. The molecule has 184 valence electrons. The first-order valence-corrected chi connectivity index (χ1v) is 13.1. The molecule has 0 aromatic heterocycles. The van der Waals surface area contributed by atoms with Crippen LogP contribution in [0.25, 0.3) is 0 Å². The van der Waals surface area contributed by atoms with Gasteiger partial charge in [0.05, 0.1) is 30.7 Å². The molecule has 0 aliphatic carbocycles. The van der Waals surface area contributed by atoms with E-state index in [1.54, 1.807) is 56.3 Å². The van der Waals surface area contributed by atoms with Crippen LogP contribution in [-0.2, 0) is 21.3 Å². The Morgan fingerprint density at radius 2 is 1.49 bits per heavy atom. The van der Waals surface area contributed by atoms with Crippen molar-refractivity contribution in [1.29, 1.82) is 0 Å². The summed E-state index contributed by atoms with van der Waals surface area (Å²) < 4.78 is 31.6. The van der Waals surface area contributed by atoms with Gasteiger partial charge in [-0.3, -0.25) is 9.10 Å². The van der Waals surface area contributed by atoms with Crippen molar-refractivity contribution in [3.8, 4) is 0 Å². The fraction of sp³-hybridized carbons (Fsp3) is 0.259. The van der Waals surface area contributed by atoms with E-state index in [1.807, 2.05) is 32.0 Å². The van der Waals surface area contributed by atoms with Crippen molar-refractivity contribution in [2.75, 3.05) is 22.5 Å². The SMILES string of the molecule is CCOC(=O)c1ccc(NC(=O)c2ccc(CN(c3c(C)cccc3C)S(C)(=O)=O)cc2)c(C)c1. The molecule has 0 atom stereocenters. The van der Waals surface area contributed by atoms with E-state index >= 15 is 0 Å². The number of amides is 1. The monoisotopic (exact) mass is 494 g/mol. The maximum absolute atomic E-state index is 12.8. The van der Waals surface area contributed by atoms with E-state index in [0.717, 1.165) is 22.3 Å². The van der Waals surface area contributed by atoms with Crippen molar-refractivity contribution < 1.29 is 22.7 Å². The van der Waals surface area contributed by atoms with Gasteiger partial charge in [0.25, 0.3) is 5.91 Å². The maximum Gasteiger partial charge on any atom is 0.338 e. The van der Waals surface area contributed by atoms with Crippen molar-refractivity contribution in [2.45, 2.75) is 34.2 Å². The highest BCUT2D eigenvalue weighted by Crippen LogP contribution is 2.28. The van der Waals surface area contributed by atoms with Crippen LogP contribution in [-0.4, -0.2) is 33.2 Å². The molecule has 0 radical (unpaired) electrons. The van der Waals surface area contributed by atoms with Gasteiger partial charge in [-0.05, 0) is 80.3 Å². The summed E-state index contributed by atoms with van der Waals surface area (Å²) in [5, 5.41) is 2.85. The summed E-state index contributed by atoms with van der Waals surface area (Å²) in [5.41, 5.74) is 5.34. The van der Waals surface area contributed by atoms with Gasteiger partial charge in [0, 0.05) is 11.3 Å².